The van der Waals surface area contributed by atoms with Crippen molar-refractivity contribution in [3.8, 4) is 0 Å². The van der Waals surface area contributed by atoms with Gasteiger partial charge in [0.05, 0.1) is 5.02 Å². The SMILES string of the molecule is O=C1CCCC1c1cc(Cl)ncc1Cl. The predicted octanol–water partition coefficient (Wildman–Crippen LogP) is 3.23. The molecule has 1 aromatic rings. The van der Waals surface area contributed by atoms with Crippen LogP contribution in [0.25, 0.3) is 0 Å². The maximum absolute atomic E-state index is 11.5. The maximum atomic E-state index is 11.5. The fraction of sp³-hybridized carbons (Fsp3) is 0.400. The molecule has 4 heteroatoms. The minimum atomic E-state index is -0.0667. The monoisotopic (exact) mass is 229 g/mol. The van der Waals surface area contributed by atoms with E-state index in [0.29, 0.717) is 16.6 Å². The summed E-state index contributed by atoms with van der Waals surface area (Å²) in [5.41, 5.74) is 0.828. The molecule has 14 heavy (non-hydrogen) atoms. The summed E-state index contributed by atoms with van der Waals surface area (Å²) in [5.74, 6) is 0.192. The van der Waals surface area contributed by atoms with Crippen molar-refractivity contribution in [2.45, 2.75) is 25.2 Å². The fourth-order valence-electron chi connectivity index (χ4n) is 1.84. The van der Waals surface area contributed by atoms with Gasteiger partial charge < -0.3 is 0 Å². The zero-order valence-electron chi connectivity index (χ0n) is 7.46. The second kappa shape index (κ2) is 3.87. The van der Waals surface area contributed by atoms with Gasteiger partial charge in [0.2, 0.25) is 0 Å². The molecule has 74 valence electrons. The Morgan fingerprint density at radius 3 is 2.86 bits per heavy atom. The number of carbonyl (C=O) groups is 1. The lowest BCUT2D eigenvalue weighted by Gasteiger charge is -2.09. The summed E-state index contributed by atoms with van der Waals surface area (Å²) in [4.78, 5) is 15.4. The Balaban J connectivity index is 2.39. The standard InChI is InChI=1S/C10H9Cl2NO/c11-8-5-13-10(12)4-7(8)6-2-1-3-9(6)14/h4-6H,1-3H2. The van der Waals surface area contributed by atoms with Crippen molar-refractivity contribution in [1.29, 1.82) is 0 Å². The van der Waals surface area contributed by atoms with Crippen LogP contribution in [0.2, 0.25) is 10.2 Å². The second-order valence-corrected chi connectivity index (χ2v) is 4.23. The Morgan fingerprint density at radius 1 is 1.43 bits per heavy atom. The highest BCUT2D eigenvalue weighted by atomic mass is 35.5. The van der Waals surface area contributed by atoms with E-state index in [0.717, 1.165) is 18.4 Å². The van der Waals surface area contributed by atoms with Gasteiger partial charge in [-0.25, -0.2) is 4.98 Å². The first-order chi connectivity index (χ1) is 6.68. The first-order valence-electron chi connectivity index (χ1n) is 4.52. The molecule has 1 atom stereocenters. The predicted molar refractivity (Wildman–Crippen MR) is 55.9 cm³/mol. The number of halogens is 2. The fourth-order valence-corrected chi connectivity index (χ4v) is 2.24. The van der Waals surface area contributed by atoms with Gasteiger partial charge >= 0.3 is 0 Å². The molecule has 0 spiro atoms. The Kier molecular flexibility index (Phi) is 2.75. The lowest BCUT2D eigenvalue weighted by Crippen LogP contribution is -2.05. The topological polar surface area (TPSA) is 30.0 Å². The van der Waals surface area contributed by atoms with Crippen molar-refractivity contribution < 1.29 is 4.79 Å². The van der Waals surface area contributed by atoms with Crippen molar-refractivity contribution >= 4 is 29.0 Å². The van der Waals surface area contributed by atoms with E-state index in [-0.39, 0.29) is 11.7 Å². The minimum absolute atomic E-state index is 0.0667. The van der Waals surface area contributed by atoms with Crippen LogP contribution in [0.5, 0.6) is 0 Å². The molecule has 1 unspecified atom stereocenters. The molecule has 1 fully saturated rings. The smallest absolute Gasteiger partial charge is 0.140 e. The highest BCUT2D eigenvalue weighted by molar-refractivity contribution is 6.33. The van der Waals surface area contributed by atoms with E-state index in [1.807, 2.05) is 0 Å². The Morgan fingerprint density at radius 2 is 2.21 bits per heavy atom. The maximum Gasteiger partial charge on any atom is 0.140 e. The van der Waals surface area contributed by atoms with Crippen LogP contribution in [0.1, 0.15) is 30.7 Å². The van der Waals surface area contributed by atoms with E-state index >= 15 is 0 Å². The third kappa shape index (κ3) is 1.77. The van der Waals surface area contributed by atoms with Crippen LogP contribution < -0.4 is 0 Å². The van der Waals surface area contributed by atoms with E-state index in [4.69, 9.17) is 23.2 Å². The number of Topliss-reactive ketones (excluding diaryl/α,β-unsaturated/α-hetero) is 1. The highest BCUT2D eigenvalue weighted by Crippen LogP contribution is 2.35. The van der Waals surface area contributed by atoms with Gasteiger partial charge in [-0.15, -0.1) is 0 Å². The molecule has 0 amide bonds. The summed E-state index contributed by atoms with van der Waals surface area (Å²) in [6.45, 7) is 0. The number of rotatable bonds is 1. The number of nitrogens with zero attached hydrogens (tertiary/aromatic N) is 1. The average Bonchev–Trinajstić information content (AvgIpc) is 2.56. The molecule has 1 aliphatic rings. The average molecular weight is 230 g/mol. The molecule has 0 aromatic carbocycles. The first-order valence-corrected chi connectivity index (χ1v) is 5.28. The summed E-state index contributed by atoms with van der Waals surface area (Å²) in [5, 5.41) is 0.929. The number of aromatic nitrogens is 1. The zero-order valence-corrected chi connectivity index (χ0v) is 8.98. The third-order valence-electron chi connectivity index (χ3n) is 2.53. The molecule has 0 saturated heterocycles. The van der Waals surface area contributed by atoms with Crippen molar-refractivity contribution in [3.63, 3.8) is 0 Å². The number of pyridine rings is 1. The summed E-state index contributed by atoms with van der Waals surface area (Å²) in [7, 11) is 0. The van der Waals surface area contributed by atoms with Crippen molar-refractivity contribution in [3.05, 3.63) is 28.0 Å². The van der Waals surface area contributed by atoms with Crippen LogP contribution in [0.3, 0.4) is 0 Å². The lowest BCUT2D eigenvalue weighted by molar-refractivity contribution is -0.118. The normalized spacial score (nSPS) is 21.6. The molecule has 1 heterocycles. The quantitative estimate of drug-likeness (QED) is 0.693. The molecular formula is C10H9Cl2NO. The number of hydrogen-bond donors (Lipinski definition) is 0. The van der Waals surface area contributed by atoms with Gasteiger partial charge in [-0.1, -0.05) is 23.2 Å². The van der Waals surface area contributed by atoms with E-state index in [2.05, 4.69) is 4.98 Å². The first kappa shape index (κ1) is 9.94. The van der Waals surface area contributed by atoms with Gasteiger partial charge in [0, 0.05) is 18.5 Å². The lowest BCUT2D eigenvalue weighted by atomic mass is 9.98. The summed E-state index contributed by atoms with van der Waals surface area (Å²) >= 11 is 11.7. The number of ketones is 1. The van der Waals surface area contributed by atoms with Crippen molar-refractivity contribution in [1.82, 2.24) is 4.98 Å². The number of carbonyl (C=O) groups excluding carboxylic acids is 1. The van der Waals surface area contributed by atoms with Crippen LogP contribution in [0.4, 0.5) is 0 Å². The molecule has 2 nitrogen and oxygen atoms in total. The Bertz CT molecular complexity index is 378. The van der Waals surface area contributed by atoms with Crippen LogP contribution >= 0.6 is 23.2 Å². The Labute approximate surface area is 92.2 Å². The zero-order chi connectivity index (χ0) is 10.1. The van der Waals surface area contributed by atoms with Gasteiger partial charge in [0.25, 0.3) is 0 Å². The third-order valence-corrected chi connectivity index (χ3v) is 3.05. The molecular weight excluding hydrogens is 221 g/mol. The molecule has 0 aliphatic heterocycles. The number of hydrogen-bond acceptors (Lipinski definition) is 2. The summed E-state index contributed by atoms with van der Waals surface area (Å²) < 4.78 is 0. The molecule has 2 rings (SSSR count). The van der Waals surface area contributed by atoms with Gasteiger partial charge in [-0.2, -0.15) is 0 Å². The highest BCUT2D eigenvalue weighted by Gasteiger charge is 2.27. The van der Waals surface area contributed by atoms with E-state index in [9.17, 15) is 4.79 Å². The molecule has 0 N–H and O–H groups in total. The van der Waals surface area contributed by atoms with E-state index in [1.165, 1.54) is 6.20 Å². The Hall–Kier alpha value is -0.600. The second-order valence-electron chi connectivity index (χ2n) is 3.44. The van der Waals surface area contributed by atoms with Gasteiger partial charge in [0.1, 0.15) is 10.9 Å². The van der Waals surface area contributed by atoms with Crippen LogP contribution in [-0.4, -0.2) is 10.8 Å². The molecule has 1 saturated carbocycles. The van der Waals surface area contributed by atoms with E-state index < -0.39 is 0 Å². The molecule has 1 aliphatic carbocycles. The van der Waals surface area contributed by atoms with Gasteiger partial charge in [-0.3, -0.25) is 4.79 Å². The summed E-state index contributed by atoms with van der Waals surface area (Å²) in [6, 6.07) is 1.69. The molecule has 0 bridgehead atoms. The molecule has 1 aromatic heterocycles. The summed E-state index contributed by atoms with van der Waals surface area (Å²) in [6.07, 6.45) is 3.98. The van der Waals surface area contributed by atoms with Crippen molar-refractivity contribution in [2.24, 2.45) is 0 Å². The van der Waals surface area contributed by atoms with Crippen molar-refractivity contribution in [2.75, 3.05) is 0 Å². The van der Waals surface area contributed by atoms with Gasteiger partial charge in [0.15, 0.2) is 0 Å². The minimum Gasteiger partial charge on any atom is -0.299 e. The van der Waals surface area contributed by atoms with Gasteiger partial charge in [-0.05, 0) is 24.5 Å². The van der Waals surface area contributed by atoms with Crippen LogP contribution in [-0.2, 0) is 4.79 Å². The van der Waals surface area contributed by atoms with E-state index in [1.54, 1.807) is 6.07 Å². The van der Waals surface area contributed by atoms with Crippen LogP contribution in [0.15, 0.2) is 12.3 Å². The van der Waals surface area contributed by atoms with Crippen LogP contribution in [0, 0.1) is 0 Å². The molecule has 0 radical (unpaired) electrons. The largest absolute Gasteiger partial charge is 0.299 e.